The Balaban J connectivity index is 2.97. The van der Waals surface area contributed by atoms with Crippen LogP contribution in [-0.2, 0) is 0 Å². The van der Waals surface area contributed by atoms with Crippen LogP contribution in [-0.4, -0.2) is 41.7 Å². The third kappa shape index (κ3) is 5.28. The lowest BCUT2D eigenvalue weighted by atomic mass is 9.96. The van der Waals surface area contributed by atoms with Gasteiger partial charge in [-0.05, 0) is 19.3 Å². The summed E-state index contributed by atoms with van der Waals surface area (Å²) in [4.78, 5) is 15.0. The fourth-order valence-corrected chi connectivity index (χ4v) is 1.73. The predicted octanol–water partition coefficient (Wildman–Crippen LogP) is 2.18. The fraction of sp³-hybridized carbons (Fsp3) is 0.769. The summed E-state index contributed by atoms with van der Waals surface area (Å²) >= 11 is 0. The third-order valence-corrected chi connectivity index (χ3v) is 2.26. The van der Waals surface area contributed by atoms with Crippen molar-refractivity contribution in [3.63, 3.8) is 0 Å². The topological polar surface area (TPSA) is 63.2 Å². The first-order valence-corrected chi connectivity index (χ1v) is 6.69. The summed E-state index contributed by atoms with van der Waals surface area (Å²) in [6.45, 7) is 12.6. The minimum Gasteiger partial charge on any atom is -0.464 e. The normalized spacial score (nSPS) is 11.3. The first kappa shape index (κ1) is 15.5. The maximum atomic E-state index is 5.38. The van der Waals surface area contributed by atoms with Gasteiger partial charge in [0.2, 0.25) is 11.9 Å². The van der Waals surface area contributed by atoms with E-state index in [-0.39, 0.29) is 5.41 Å². The quantitative estimate of drug-likeness (QED) is 0.852. The molecule has 0 saturated heterocycles. The Morgan fingerprint density at radius 3 is 2.37 bits per heavy atom. The first-order chi connectivity index (χ1) is 8.85. The predicted molar refractivity (Wildman–Crippen MR) is 77.9 cm³/mol. The van der Waals surface area contributed by atoms with Crippen LogP contribution in [0.1, 0.15) is 34.6 Å². The van der Waals surface area contributed by atoms with Gasteiger partial charge in [0.15, 0.2) is 0 Å². The number of anilines is 2. The van der Waals surface area contributed by atoms with Crippen molar-refractivity contribution in [1.82, 2.24) is 15.0 Å². The molecule has 0 radical (unpaired) electrons. The van der Waals surface area contributed by atoms with Gasteiger partial charge in [0, 0.05) is 20.1 Å². The summed E-state index contributed by atoms with van der Waals surface area (Å²) in [5.74, 6) is 1.18. The molecule has 6 heteroatoms. The summed E-state index contributed by atoms with van der Waals surface area (Å²) in [5.41, 5.74) is 0.172. The summed E-state index contributed by atoms with van der Waals surface area (Å²) in [6, 6.07) is 0.365. The van der Waals surface area contributed by atoms with Crippen molar-refractivity contribution in [2.75, 3.05) is 37.0 Å². The minimum absolute atomic E-state index is 0.172. The second-order valence-corrected chi connectivity index (χ2v) is 5.62. The van der Waals surface area contributed by atoms with E-state index in [9.17, 15) is 0 Å². The maximum Gasteiger partial charge on any atom is 0.323 e. The smallest absolute Gasteiger partial charge is 0.323 e. The van der Waals surface area contributed by atoms with E-state index in [4.69, 9.17) is 4.74 Å². The average molecular weight is 267 g/mol. The molecule has 0 bridgehead atoms. The zero-order valence-electron chi connectivity index (χ0n) is 12.8. The molecule has 1 aromatic rings. The Bertz CT molecular complexity index is 378. The summed E-state index contributed by atoms with van der Waals surface area (Å²) < 4.78 is 5.38. The van der Waals surface area contributed by atoms with Gasteiger partial charge in [-0.15, -0.1) is 0 Å². The molecule has 6 nitrogen and oxygen atoms in total. The summed E-state index contributed by atoms with van der Waals surface area (Å²) in [6.07, 6.45) is 0. The zero-order valence-corrected chi connectivity index (χ0v) is 12.8. The van der Waals surface area contributed by atoms with E-state index in [2.05, 4.69) is 41.0 Å². The number of aromatic nitrogens is 3. The number of nitrogens with one attached hydrogen (secondary N) is 1. The Morgan fingerprint density at radius 1 is 1.16 bits per heavy atom. The summed E-state index contributed by atoms with van der Waals surface area (Å²) in [7, 11) is 1.98. The SMILES string of the molecule is CCNc1nc(OCC)nc(N(C)CC(C)(C)C)n1. The second kappa shape index (κ2) is 6.54. The van der Waals surface area contributed by atoms with E-state index in [0.29, 0.717) is 24.5 Å². The standard InChI is InChI=1S/C13H25N5O/c1-7-14-10-15-11(17-12(16-10)19-8-2)18(6)9-13(3,4)5/h7-9H2,1-6H3,(H,14,15,16,17). The Labute approximate surface area is 115 Å². The van der Waals surface area contributed by atoms with E-state index in [1.54, 1.807) is 0 Å². The van der Waals surface area contributed by atoms with Crippen molar-refractivity contribution < 1.29 is 4.74 Å². The second-order valence-electron chi connectivity index (χ2n) is 5.62. The number of ether oxygens (including phenoxy) is 1. The molecule has 0 aliphatic carbocycles. The lowest BCUT2D eigenvalue weighted by Gasteiger charge is -2.26. The molecule has 0 fully saturated rings. The molecule has 1 aromatic heterocycles. The summed E-state index contributed by atoms with van der Waals surface area (Å²) in [5, 5.41) is 3.10. The van der Waals surface area contributed by atoms with Crippen LogP contribution in [0.4, 0.5) is 11.9 Å². The van der Waals surface area contributed by atoms with Gasteiger partial charge in [-0.25, -0.2) is 0 Å². The van der Waals surface area contributed by atoms with Crippen molar-refractivity contribution in [2.45, 2.75) is 34.6 Å². The van der Waals surface area contributed by atoms with Gasteiger partial charge >= 0.3 is 6.01 Å². The van der Waals surface area contributed by atoms with E-state index < -0.39 is 0 Å². The van der Waals surface area contributed by atoms with Gasteiger partial charge in [-0.2, -0.15) is 15.0 Å². The molecule has 0 spiro atoms. The van der Waals surface area contributed by atoms with Crippen LogP contribution in [0.3, 0.4) is 0 Å². The highest BCUT2D eigenvalue weighted by Gasteiger charge is 2.17. The van der Waals surface area contributed by atoms with Crippen LogP contribution in [0.2, 0.25) is 0 Å². The van der Waals surface area contributed by atoms with E-state index in [1.165, 1.54) is 0 Å². The molecule has 108 valence electrons. The van der Waals surface area contributed by atoms with Crippen LogP contribution in [0.5, 0.6) is 6.01 Å². The van der Waals surface area contributed by atoms with Gasteiger partial charge in [0.1, 0.15) is 0 Å². The monoisotopic (exact) mass is 267 g/mol. The Hall–Kier alpha value is -1.59. The first-order valence-electron chi connectivity index (χ1n) is 6.69. The minimum atomic E-state index is 0.172. The number of hydrogen-bond acceptors (Lipinski definition) is 6. The van der Waals surface area contributed by atoms with Crippen molar-refractivity contribution in [3.8, 4) is 6.01 Å². The number of rotatable bonds is 6. The molecule has 1 heterocycles. The molecule has 0 aliphatic rings. The van der Waals surface area contributed by atoms with Crippen molar-refractivity contribution in [3.05, 3.63) is 0 Å². The Morgan fingerprint density at radius 2 is 1.84 bits per heavy atom. The van der Waals surface area contributed by atoms with Crippen LogP contribution in [0.25, 0.3) is 0 Å². The third-order valence-electron chi connectivity index (χ3n) is 2.26. The van der Waals surface area contributed by atoms with E-state index >= 15 is 0 Å². The number of hydrogen-bond donors (Lipinski definition) is 1. The van der Waals surface area contributed by atoms with Gasteiger partial charge in [-0.1, -0.05) is 20.8 Å². The molecule has 19 heavy (non-hydrogen) atoms. The molecule has 0 unspecified atom stereocenters. The van der Waals surface area contributed by atoms with Crippen LogP contribution in [0.15, 0.2) is 0 Å². The van der Waals surface area contributed by atoms with Crippen LogP contribution >= 0.6 is 0 Å². The van der Waals surface area contributed by atoms with E-state index in [1.807, 2.05) is 25.8 Å². The molecule has 1 rings (SSSR count). The number of nitrogens with zero attached hydrogens (tertiary/aromatic N) is 4. The molecule has 0 aliphatic heterocycles. The fourth-order valence-electron chi connectivity index (χ4n) is 1.73. The highest BCUT2D eigenvalue weighted by molar-refractivity contribution is 5.37. The highest BCUT2D eigenvalue weighted by Crippen LogP contribution is 2.19. The van der Waals surface area contributed by atoms with Gasteiger partial charge in [0.25, 0.3) is 0 Å². The maximum absolute atomic E-state index is 5.38. The molecule has 0 atom stereocenters. The molecule has 1 N–H and O–H groups in total. The van der Waals surface area contributed by atoms with Gasteiger partial charge < -0.3 is 15.0 Å². The molecule has 0 saturated carbocycles. The van der Waals surface area contributed by atoms with Crippen LogP contribution in [0, 0.1) is 5.41 Å². The molecular formula is C13H25N5O. The lowest BCUT2D eigenvalue weighted by Crippen LogP contribution is -2.30. The Kier molecular flexibility index (Phi) is 5.32. The van der Waals surface area contributed by atoms with Crippen molar-refractivity contribution in [1.29, 1.82) is 0 Å². The van der Waals surface area contributed by atoms with Crippen molar-refractivity contribution in [2.24, 2.45) is 5.41 Å². The molecular weight excluding hydrogens is 242 g/mol. The highest BCUT2D eigenvalue weighted by atomic mass is 16.5. The molecule has 0 amide bonds. The average Bonchev–Trinajstić information content (AvgIpc) is 2.27. The van der Waals surface area contributed by atoms with E-state index in [0.717, 1.165) is 13.1 Å². The van der Waals surface area contributed by atoms with Crippen molar-refractivity contribution >= 4 is 11.9 Å². The molecule has 0 aromatic carbocycles. The zero-order chi connectivity index (χ0) is 14.5. The van der Waals surface area contributed by atoms with Gasteiger partial charge in [0.05, 0.1) is 6.61 Å². The van der Waals surface area contributed by atoms with Crippen LogP contribution < -0.4 is 15.0 Å². The lowest BCUT2D eigenvalue weighted by molar-refractivity contribution is 0.311. The largest absolute Gasteiger partial charge is 0.464 e. The van der Waals surface area contributed by atoms with Gasteiger partial charge in [-0.3, -0.25) is 0 Å².